The smallest absolute Gasteiger partial charge is 0.436 e. The quantitative estimate of drug-likeness (QED) is 0.725. The van der Waals surface area contributed by atoms with Crippen LogP contribution < -0.4 is 4.80 Å². The van der Waals surface area contributed by atoms with Crippen molar-refractivity contribution in [1.29, 1.82) is 0 Å². The summed E-state index contributed by atoms with van der Waals surface area (Å²) in [6.45, 7) is 13.3. The zero-order valence-corrected chi connectivity index (χ0v) is 17.4. The Bertz CT molecular complexity index is 737. The number of rotatable bonds is 4. The molecule has 2 rings (SSSR count). The van der Waals surface area contributed by atoms with Gasteiger partial charge in [-0.3, -0.25) is 0 Å². The van der Waals surface area contributed by atoms with Gasteiger partial charge in [-0.15, -0.1) is 16.3 Å². The van der Waals surface area contributed by atoms with Crippen molar-refractivity contribution in [2.75, 3.05) is 19.7 Å². The molecule has 0 radical (unpaired) electrons. The molecule has 1 aliphatic rings. The Balaban J connectivity index is 2.04. The zero-order chi connectivity index (χ0) is 20.0. The first-order chi connectivity index (χ1) is 12.7. The number of hydrogen-bond acceptors (Lipinski definition) is 5. The fraction of sp³-hybridized carbons (Fsp3) is 0.632. The average Bonchev–Trinajstić information content (AvgIpc) is 3.01. The molecule has 0 N–H and O–H groups in total. The third-order valence-corrected chi connectivity index (χ3v) is 5.32. The topological polar surface area (TPSA) is 73.1 Å². The number of aryl methyl sites for hydroxylation is 1. The van der Waals surface area contributed by atoms with Crippen molar-refractivity contribution in [2.45, 2.75) is 58.6 Å². The number of amides is 2. The highest BCUT2D eigenvalue weighted by molar-refractivity contribution is 7.09. The van der Waals surface area contributed by atoms with Crippen molar-refractivity contribution in [2.24, 2.45) is 4.99 Å². The molecule has 1 fully saturated rings. The van der Waals surface area contributed by atoms with Crippen LogP contribution in [-0.4, -0.2) is 47.0 Å². The van der Waals surface area contributed by atoms with Crippen LogP contribution in [0.1, 0.15) is 51.3 Å². The van der Waals surface area contributed by atoms with E-state index in [2.05, 4.69) is 17.8 Å². The molecule has 7 nitrogen and oxygen atoms in total. The number of ether oxygens (including phenoxy) is 2. The van der Waals surface area contributed by atoms with Gasteiger partial charge in [-0.25, -0.2) is 9.59 Å². The fourth-order valence-corrected chi connectivity index (χ4v) is 4.03. The van der Waals surface area contributed by atoms with Crippen molar-refractivity contribution in [1.82, 2.24) is 9.47 Å². The highest BCUT2D eigenvalue weighted by Crippen LogP contribution is 2.30. The minimum absolute atomic E-state index is 0.149. The number of likely N-dealkylation sites (tertiary alicyclic amines) is 1. The van der Waals surface area contributed by atoms with Crippen molar-refractivity contribution < 1.29 is 19.1 Å². The highest BCUT2D eigenvalue weighted by Gasteiger charge is 2.28. The van der Waals surface area contributed by atoms with Gasteiger partial charge in [0.05, 0.1) is 0 Å². The highest BCUT2D eigenvalue weighted by atomic mass is 32.1. The van der Waals surface area contributed by atoms with E-state index in [1.807, 2.05) is 32.3 Å². The van der Waals surface area contributed by atoms with E-state index in [1.54, 1.807) is 4.90 Å². The first kappa shape index (κ1) is 21.2. The molecule has 1 saturated heterocycles. The summed E-state index contributed by atoms with van der Waals surface area (Å²) in [4.78, 5) is 31.6. The van der Waals surface area contributed by atoms with Crippen LogP contribution in [0.25, 0.3) is 0 Å². The first-order valence-electron chi connectivity index (χ1n) is 9.24. The van der Waals surface area contributed by atoms with E-state index < -0.39 is 11.7 Å². The SMILES string of the molecule is C=CCOC(=O)/N=c1\sc(C2CCN(C(=O)OC(C)(C)C)CC2)cn1CC. The van der Waals surface area contributed by atoms with E-state index in [-0.39, 0.29) is 12.7 Å². The van der Waals surface area contributed by atoms with E-state index in [4.69, 9.17) is 9.47 Å². The molecule has 2 heterocycles. The Labute approximate surface area is 164 Å². The molecule has 1 aliphatic heterocycles. The van der Waals surface area contributed by atoms with Crippen molar-refractivity contribution in [3.05, 3.63) is 28.5 Å². The fourth-order valence-electron chi connectivity index (χ4n) is 2.82. The molecule has 0 bridgehead atoms. The van der Waals surface area contributed by atoms with Crippen LogP contribution in [0.3, 0.4) is 0 Å². The van der Waals surface area contributed by atoms with E-state index in [0.717, 1.165) is 19.4 Å². The summed E-state index contributed by atoms with van der Waals surface area (Å²) in [7, 11) is 0. The number of carbonyl (C=O) groups is 2. The van der Waals surface area contributed by atoms with Crippen molar-refractivity contribution in [3.63, 3.8) is 0 Å². The van der Waals surface area contributed by atoms with Crippen LogP contribution in [0.2, 0.25) is 0 Å². The van der Waals surface area contributed by atoms with Crippen molar-refractivity contribution >= 4 is 23.5 Å². The van der Waals surface area contributed by atoms with Gasteiger partial charge < -0.3 is 18.9 Å². The van der Waals surface area contributed by atoms with Crippen LogP contribution in [-0.2, 0) is 16.0 Å². The summed E-state index contributed by atoms with van der Waals surface area (Å²) in [6.07, 6.45) is 4.44. The molecule has 150 valence electrons. The van der Waals surface area contributed by atoms with Gasteiger partial charge in [0.2, 0.25) is 0 Å². The van der Waals surface area contributed by atoms with Gasteiger partial charge in [0.25, 0.3) is 0 Å². The predicted octanol–water partition coefficient (Wildman–Crippen LogP) is 3.91. The van der Waals surface area contributed by atoms with Crippen molar-refractivity contribution in [3.8, 4) is 0 Å². The lowest BCUT2D eigenvalue weighted by Crippen LogP contribution is -2.41. The molecule has 8 heteroatoms. The molecular formula is C19H29N3O4S. The molecule has 1 aromatic heterocycles. The molecular weight excluding hydrogens is 366 g/mol. The lowest BCUT2D eigenvalue weighted by molar-refractivity contribution is 0.0205. The molecule has 27 heavy (non-hydrogen) atoms. The molecule has 0 aliphatic carbocycles. The summed E-state index contributed by atoms with van der Waals surface area (Å²) in [5.74, 6) is 0.347. The summed E-state index contributed by atoms with van der Waals surface area (Å²) in [5.41, 5.74) is -0.481. The van der Waals surface area contributed by atoms with Gasteiger partial charge in [-0.05, 0) is 46.5 Å². The van der Waals surface area contributed by atoms with Crippen LogP contribution in [0, 0.1) is 0 Å². The van der Waals surface area contributed by atoms with E-state index in [9.17, 15) is 9.59 Å². The number of nitrogens with zero attached hydrogens (tertiary/aromatic N) is 3. The van der Waals surface area contributed by atoms with Gasteiger partial charge >= 0.3 is 12.2 Å². The van der Waals surface area contributed by atoms with Gasteiger partial charge in [0.1, 0.15) is 12.2 Å². The average molecular weight is 396 g/mol. The second-order valence-corrected chi connectivity index (χ2v) is 8.46. The molecule has 0 unspecified atom stereocenters. The maximum atomic E-state index is 12.2. The molecule has 0 aromatic carbocycles. The number of aromatic nitrogens is 1. The standard InChI is InChI=1S/C19H29N3O4S/c1-6-12-25-17(23)20-16-21(7-2)13-15(27-16)14-8-10-22(11-9-14)18(24)26-19(3,4)5/h6,13-14H,1,7-12H2,2-5H3/b20-16-. The summed E-state index contributed by atoms with van der Waals surface area (Å²) >= 11 is 1.51. The first-order valence-corrected chi connectivity index (χ1v) is 10.1. The minimum atomic E-state index is -0.606. The third kappa shape index (κ3) is 6.23. The maximum absolute atomic E-state index is 12.2. The molecule has 2 amide bonds. The molecule has 0 spiro atoms. The zero-order valence-electron chi connectivity index (χ0n) is 16.6. The number of hydrogen-bond donors (Lipinski definition) is 0. The maximum Gasteiger partial charge on any atom is 0.436 e. The van der Waals surface area contributed by atoms with Gasteiger partial charge in [-0.2, -0.15) is 0 Å². The Morgan fingerprint density at radius 2 is 2.04 bits per heavy atom. The largest absolute Gasteiger partial charge is 0.444 e. The lowest BCUT2D eigenvalue weighted by atomic mass is 9.96. The number of thiazole rings is 1. The number of piperidine rings is 1. The third-order valence-electron chi connectivity index (χ3n) is 4.14. The van der Waals surface area contributed by atoms with Crippen LogP contribution in [0.5, 0.6) is 0 Å². The van der Waals surface area contributed by atoms with E-state index in [0.29, 0.717) is 23.8 Å². The second kappa shape index (κ2) is 9.21. The van der Waals surface area contributed by atoms with Gasteiger partial charge in [0, 0.05) is 30.7 Å². The molecule has 1 aromatic rings. The monoisotopic (exact) mass is 395 g/mol. The van der Waals surface area contributed by atoms with E-state index in [1.165, 1.54) is 22.3 Å². The predicted molar refractivity (Wildman–Crippen MR) is 105 cm³/mol. The normalized spacial score (nSPS) is 16.3. The Morgan fingerprint density at radius 1 is 1.37 bits per heavy atom. The summed E-state index contributed by atoms with van der Waals surface area (Å²) in [5, 5.41) is 0. The lowest BCUT2D eigenvalue weighted by Gasteiger charge is -2.33. The summed E-state index contributed by atoms with van der Waals surface area (Å²) < 4.78 is 12.3. The summed E-state index contributed by atoms with van der Waals surface area (Å²) in [6, 6.07) is 0. The molecule has 0 atom stereocenters. The van der Waals surface area contributed by atoms with E-state index >= 15 is 0 Å². The van der Waals surface area contributed by atoms with Gasteiger partial charge in [0.15, 0.2) is 4.80 Å². The van der Waals surface area contributed by atoms with Crippen LogP contribution in [0.4, 0.5) is 9.59 Å². The van der Waals surface area contributed by atoms with Crippen LogP contribution in [0.15, 0.2) is 23.8 Å². The minimum Gasteiger partial charge on any atom is -0.444 e. The Hall–Kier alpha value is -2.09. The number of carbonyl (C=O) groups excluding carboxylic acids is 2. The van der Waals surface area contributed by atoms with Gasteiger partial charge in [-0.1, -0.05) is 12.7 Å². The van der Waals surface area contributed by atoms with Crippen LogP contribution >= 0.6 is 11.3 Å². The Kier molecular flexibility index (Phi) is 7.24. The molecule has 0 saturated carbocycles. The second-order valence-electron chi connectivity index (χ2n) is 7.42. The Morgan fingerprint density at radius 3 is 2.59 bits per heavy atom.